The highest BCUT2D eigenvalue weighted by Crippen LogP contribution is 2.31. The minimum absolute atomic E-state index is 0.0722. The van der Waals surface area contributed by atoms with Gasteiger partial charge in [0.05, 0.1) is 4.92 Å². The van der Waals surface area contributed by atoms with Crippen molar-refractivity contribution >= 4 is 28.8 Å². The van der Waals surface area contributed by atoms with Crippen molar-refractivity contribution in [3.63, 3.8) is 0 Å². The summed E-state index contributed by atoms with van der Waals surface area (Å²) in [5.41, 5.74) is 1.62. The first-order valence-electron chi connectivity index (χ1n) is 8.41. The number of anilines is 2. The molecule has 7 heteroatoms. The highest BCUT2D eigenvalue weighted by atomic mass is 16.6. The second-order valence-corrected chi connectivity index (χ2v) is 6.25. The van der Waals surface area contributed by atoms with Gasteiger partial charge in [0.2, 0.25) is 0 Å². The van der Waals surface area contributed by atoms with Gasteiger partial charge in [0.15, 0.2) is 5.78 Å². The molecule has 1 saturated heterocycles. The molecule has 1 N–H and O–H groups in total. The second kappa shape index (κ2) is 7.35. The molecular weight excluding hydrogens is 334 g/mol. The lowest BCUT2D eigenvalue weighted by Gasteiger charge is -2.17. The molecule has 3 rings (SSSR count). The number of hydrogen-bond acceptors (Lipinski definition) is 5. The first kappa shape index (κ1) is 17.6. The summed E-state index contributed by atoms with van der Waals surface area (Å²) in [6, 6.07) is 11.1. The fourth-order valence-electron chi connectivity index (χ4n) is 3.06. The fraction of sp³-hybridized carbons (Fsp3) is 0.263. The number of nitro groups is 1. The molecule has 0 bridgehead atoms. The number of amides is 1. The summed E-state index contributed by atoms with van der Waals surface area (Å²) in [5, 5.41) is 14.1. The zero-order chi connectivity index (χ0) is 18.7. The van der Waals surface area contributed by atoms with E-state index in [1.165, 1.54) is 13.0 Å². The molecule has 0 atom stereocenters. The van der Waals surface area contributed by atoms with Gasteiger partial charge >= 0.3 is 0 Å². The molecule has 0 unspecified atom stereocenters. The Hall–Kier alpha value is -3.22. The highest BCUT2D eigenvalue weighted by Gasteiger charge is 2.23. The minimum Gasteiger partial charge on any atom is -0.366 e. The van der Waals surface area contributed by atoms with Gasteiger partial charge in [-0.1, -0.05) is 12.1 Å². The van der Waals surface area contributed by atoms with Gasteiger partial charge in [-0.2, -0.15) is 0 Å². The van der Waals surface area contributed by atoms with Crippen molar-refractivity contribution in [2.24, 2.45) is 0 Å². The van der Waals surface area contributed by atoms with Gasteiger partial charge in [0.1, 0.15) is 5.69 Å². The highest BCUT2D eigenvalue weighted by molar-refractivity contribution is 6.06. The Morgan fingerprint density at radius 3 is 2.46 bits per heavy atom. The minimum atomic E-state index is -0.458. The lowest BCUT2D eigenvalue weighted by Crippen LogP contribution is -2.19. The fourth-order valence-corrected chi connectivity index (χ4v) is 3.06. The van der Waals surface area contributed by atoms with Crippen LogP contribution in [-0.4, -0.2) is 29.7 Å². The number of benzene rings is 2. The van der Waals surface area contributed by atoms with E-state index in [2.05, 4.69) is 5.32 Å². The van der Waals surface area contributed by atoms with Gasteiger partial charge in [-0.15, -0.1) is 0 Å². The number of rotatable bonds is 5. The predicted octanol–water partition coefficient (Wildman–Crippen LogP) is 3.65. The van der Waals surface area contributed by atoms with Crippen LogP contribution in [0.2, 0.25) is 0 Å². The molecule has 7 nitrogen and oxygen atoms in total. The van der Waals surface area contributed by atoms with Gasteiger partial charge < -0.3 is 10.2 Å². The van der Waals surface area contributed by atoms with Crippen molar-refractivity contribution < 1.29 is 14.5 Å². The van der Waals surface area contributed by atoms with Crippen LogP contribution in [0.25, 0.3) is 0 Å². The Balaban J connectivity index is 1.85. The number of nitrogens with zero attached hydrogens (tertiary/aromatic N) is 2. The zero-order valence-electron chi connectivity index (χ0n) is 14.4. The largest absolute Gasteiger partial charge is 0.366 e. The third-order valence-corrected chi connectivity index (χ3v) is 4.41. The maximum Gasteiger partial charge on any atom is 0.293 e. The Morgan fingerprint density at radius 1 is 1.08 bits per heavy atom. The second-order valence-electron chi connectivity index (χ2n) is 6.25. The summed E-state index contributed by atoms with van der Waals surface area (Å²) in [5.74, 6) is -0.562. The molecule has 1 amide bonds. The summed E-state index contributed by atoms with van der Waals surface area (Å²) in [6.45, 7) is 3.01. The van der Waals surface area contributed by atoms with E-state index in [9.17, 15) is 19.7 Å². The number of carbonyl (C=O) groups excluding carboxylic acids is 2. The normalized spacial score (nSPS) is 13.5. The molecule has 1 fully saturated rings. The van der Waals surface area contributed by atoms with Crippen LogP contribution in [0.15, 0.2) is 42.5 Å². The van der Waals surface area contributed by atoms with Crippen LogP contribution in [0, 0.1) is 10.1 Å². The average Bonchev–Trinajstić information content (AvgIpc) is 3.15. The van der Waals surface area contributed by atoms with Crippen molar-refractivity contribution in [3.05, 3.63) is 63.7 Å². The Bertz CT molecular complexity index is 873. The van der Waals surface area contributed by atoms with E-state index in [4.69, 9.17) is 0 Å². The average molecular weight is 353 g/mol. The quantitative estimate of drug-likeness (QED) is 0.503. The molecular formula is C19H19N3O4. The molecule has 26 heavy (non-hydrogen) atoms. The van der Waals surface area contributed by atoms with Crippen molar-refractivity contribution in [1.29, 1.82) is 0 Å². The summed E-state index contributed by atoms with van der Waals surface area (Å²) in [6.07, 6.45) is 2.01. The van der Waals surface area contributed by atoms with E-state index >= 15 is 0 Å². The molecule has 2 aromatic rings. The van der Waals surface area contributed by atoms with Crippen LogP contribution in [0.4, 0.5) is 17.1 Å². The summed E-state index contributed by atoms with van der Waals surface area (Å²) in [7, 11) is 0. The number of nitro benzene ring substituents is 1. The SMILES string of the molecule is CC(=O)c1cccc(NC(=O)c2ccc(N3CCCC3)c([N+](=O)[O-])c2)c1. The van der Waals surface area contributed by atoms with E-state index in [1.54, 1.807) is 36.4 Å². The van der Waals surface area contributed by atoms with Crippen molar-refractivity contribution in [2.45, 2.75) is 19.8 Å². The van der Waals surface area contributed by atoms with E-state index in [1.807, 2.05) is 4.90 Å². The third kappa shape index (κ3) is 3.72. The maximum atomic E-state index is 12.5. The molecule has 2 aromatic carbocycles. The predicted molar refractivity (Wildman–Crippen MR) is 98.9 cm³/mol. The van der Waals surface area contributed by atoms with Gasteiger partial charge in [0.25, 0.3) is 11.6 Å². The molecule has 0 aromatic heterocycles. The molecule has 0 radical (unpaired) electrons. The number of ketones is 1. The molecule has 0 saturated carbocycles. The van der Waals surface area contributed by atoms with Crippen molar-refractivity contribution in [1.82, 2.24) is 0 Å². The van der Waals surface area contributed by atoms with Gasteiger partial charge in [-0.25, -0.2) is 0 Å². The number of nitrogens with one attached hydrogen (secondary N) is 1. The first-order valence-corrected chi connectivity index (χ1v) is 8.41. The number of hydrogen-bond donors (Lipinski definition) is 1. The molecule has 1 aliphatic heterocycles. The lowest BCUT2D eigenvalue weighted by molar-refractivity contribution is -0.384. The maximum absolute atomic E-state index is 12.5. The van der Waals surface area contributed by atoms with E-state index in [-0.39, 0.29) is 17.0 Å². The Morgan fingerprint density at radius 2 is 1.81 bits per heavy atom. The van der Waals surface area contributed by atoms with Gasteiger partial charge in [-0.3, -0.25) is 19.7 Å². The number of carbonyl (C=O) groups is 2. The molecule has 1 heterocycles. The summed E-state index contributed by atoms with van der Waals surface area (Å²) < 4.78 is 0. The van der Waals surface area contributed by atoms with Crippen LogP contribution >= 0.6 is 0 Å². The lowest BCUT2D eigenvalue weighted by atomic mass is 10.1. The molecule has 1 aliphatic rings. The van der Waals surface area contributed by atoms with E-state index < -0.39 is 10.8 Å². The molecule has 0 spiro atoms. The summed E-state index contributed by atoms with van der Waals surface area (Å²) >= 11 is 0. The van der Waals surface area contributed by atoms with Gasteiger partial charge in [0, 0.05) is 36.0 Å². The monoisotopic (exact) mass is 353 g/mol. The van der Waals surface area contributed by atoms with Crippen LogP contribution in [0.5, 0.6) is 0 Å². The van der Waals surface area contributed by atoms with Crippen LogP contribution < -0.4 is 10.2 Å². The van der Waals surface area contributed by atoms with E-state index in [0.717, 1.165) is 25.9 Å². The van der Waals surface area contributed by atoms with Crippen LogP contribution in [0.3, 0.4) is 0 Å². The first-order chi connectivity index (χ1) is 12.5. The Kier molecular flexibility index (Phi) is 4.97. The zero-order valence-corrected chi connectivity index (χ0v) is 14.4. The van der Waals surface area contributed by atoms with E-state index in [0.29, 0.717) is 16.9 Å². The molecule has 134 valence electrons. The van der Waals surface area contributed by atoms with Crippen LogP contribution in [-0.2, 0) is 0 Å². The van der Waals surface area contributed by atoms with Gasteiger partial charge in [-0.05, 0) is 44.0 Å². The van der Waals surface area contributed by atoms with Crippen LogP contribution in [0.1, 0.15) is 40.5 Å². The smallest absolute Gasteiger partial charge is 0.293 e. The summed E-state index contributed by atoms with van der Waals surface area (Å²) in [4.78, 5) is 36.9. The van der Waals surface area contributed by atoms with Crippen molar-refractivity contribution in [2.75, 3.05) is 23.3 Å². The standard InChI is InChI=1S/C19H19N3O4/c1-13(23)14-5-4-6-16(11-14)20-19(24)15-7-8-17(18(12-15)22(25)26)21-9-2-3-10-21/h4-8,11-12H,2-3,9-10H2,1H3,(H,20,24). The number of Topliss-reactive ketones (excluding diaryl/α,β-unsaturated/α-hetero) is 1. The third-order valence-electron chi connectivity index (χ3n) is 4.41. The van der Waals surface area contributed by atoms with Crippen molar-refractivity contribution in [3.8, 4) is 0 Å². The molecule has 0 aliphatic carbocycles. The Labute approximate surface area is 150 Å². The topological polar surface area (TPSA) is 92.6 Å².